The number of rotatable bonds is 9. The Morgan fingerprint density at radius 1 is 0.833 bits per heavy atom. The van der Waals surface area contributed by atoms with Crippen LogP contribution in [0.2, 0.25) is 10.0 Å². The lowest BCUT2D eigenvalue weighted by Gasteiger charge is -2.44. The molecule has 0 aliphatic carbocycles. The van der Waals surface area contributed by atoms with E-state index in [-0.39, 0.29) is 29.1 Å². The van der Waals surface area contributed by atoms with Crippen molar-refractivity contribution in [1.29, 1.82) is 0 Å². The van der Waals surface area contributed by atoms with Gasteiger partial charge in [-0.15, -0.1) is 12.4 Å². The monoisotopic (exact) mass is 626 g/mol. The average Bonchev–Trinajstić information content (AvgIpc) is 3.00. The van der Waals surface area contributed by atoms with Gasteiger partial charge in [-0.3, -0.25) is 9.59 Å². The molecule has 0 spiro atoms. The molecule has 224 valence electrons. The van der Waals surface area contributed by atoms with Crippen LogP contribution in [0.1, 0.15) is 66.9 Å². The maximum Gasteiger partial charge on any atom is 0.253 e. The van der Waals surface area contributed by atoms with Crippen molar-refractivity contribution < 1.29 is 9.59 Å². The number of hydrogen-bond acceptors (Lipinski definition) is 3. The van der Waals surface area contributed by atoms with Gasteiger partial charge in [0.25, 0.3) is 5.91 Å². The van der Waals surface area contributed by atoms with Gasteiger partial charge in [-0.1, -0.05) is 77.8 Å². The molecular formula is C35H41Cl3N2O2. The molecule has 1 unspecified atom stereocenters. The van der Waals surface area contributed by atoms with E-state index in [1.165, 1.54) is 5.56 Å². The molecule has 0 bridgehead atoms. The van der Waals surface area contributed by atoms with Gasteiger partial charge in [0.05, 0.1) is 10.0 Å². The highest BCUT2D eigenvalue weighted by molar-refractivity contribution is 6.42. The summed E-state index contributed by atoms with van der Waals surface area (Å²) in [6.45, 7) is 6.05. The Labute approximate surface area is 266 Å². The van der Waals surface area contributed by atoms with Gasteiger partial charge in [0, 0.05) is 29.5 Å². The predicted octanol–water partition coefficient (Wildman–Crippen LogP) is 8.28. The number of carbonyl (C=O) groups excluding carboxylic acids is 2. The Kier molecular flexibility index (Phi) is 11.2. The first-order chi connectivity index (χ1) is 19.8. The number of Topliss-reactive ketones (excluding diaryl/α,β-unsaturated/α-hetero) is 1. The van der Waals surface area contributed by atoms with Crippen LogP contribution in [0.15, 0.2) is 78.9 Å². The smallest absolute Gasteiger partial charge is 0.253 e. The Bertz CT molecular complexity index is 1340. The molecule has 0 N–H and O–H groups in total. The Morgan fingerprint density at radius 2 is 1.50 bits per heavy atom. The molecule has 3 aromatic rings. The Morgan fingerprint density at radius 3 is 2.14 bits per heavy atom. The minimum Gasteiger partial charge on any atom is -0.338 e. The maximum absolute atomic E-state index is 13.5. The van der Waals surface area contributed by atoms with Crippen LogP contribution < -0.4 is 0 Å². The lowest BCUT2D eigenvalue weighted by molar-refractivity contribution is -0.129. The lowest BCUT2D eigenvalue weighted by atomic mass is 9.70. The second-order valence-corrected chi connectivity index (χ2v) is 12.9. The zero-order valence-corrected chi connectivity index (χ0v) is 26.7. The summed E-state index contributed by atoms with van der Waals surface area (Å²) in [7, 11) is 0. The zero-order chi connectivity index (χ0) is 28.9. The molecule has 0 radical (unpaired) electrons. The number of ketones is 1. The molecule has 7 heteroatoms. The molecule has 2 heterocycles. The van der Waals surface area contributed by atoms with E-state index in [1.807, 2.05) is 53.4 Å². The summed E-state index contributed by atoms with van der Waals surface area (Å²) in [4.78, 5) is 30.8. The minimum atomic E-state index is -0.263. The van der Waals surface area contributed by atoms with Crippen molar-refractivity contribution in [2.45, 2.75) is 57.3 Å². The summed E-state index contributed by atoms with van der Waals surface area (Å²) in [6, 6.07) is 26.0. The first-order valence-electron chi connectivity index (χ1n) is 14.9. The molecule has 42 heavy (non-hydrogen) atoms. The molecular weight excluding hydrogens is 587 g/mol. The fourth-order valence-electron chi connectivity index (χ4n) is 6.96. The number of hydrogen-bond donors (Lipinski definition) is 0. The normalized spacial score (nSPS) is 20.5. The quantitative estimate of drug-likeness (QED) is 0.240. The van der Waals surface area contributed by atoms with Crippen molar-refractivity contribution in [2.24, 2.45) is 5.41 Å². The van der Waals surface area contributed by atoms with Crippen LogP contribution in [0.3, 0.4) is 0 Å². The maximum atomic E-state index is 13.5. The molecule has 5 rings (SSSR count). The third-order valence-corrected chi connectivity index (χ3v) is 10.2. The summed E-state index contributed by atoms with van der Waals surface area (Å²) in [5, 5.41) is 1.11. The van der Waals surface area contributed by atoms with Crippen LogP contribution in [0.25, 0.3) is 0 Å². The van der Waals surface area contributed by atoms with E-state index in [0.717, 1.165) is 82.3 Å². The molecule has 3 aromatic carbocycles. The zero-order valence-electron chi connectivity index (χ0n) is 24.4. The van der Waals surface area contributed by atoms with E-state index in [4.69, 9.17) is 23.2 Å². The third kappa shape index (κ3) is 7.39. The van der Waals surface area contributed by atoms with Gasteiger partial charge in [0.2, 0.25) is 0 Å². The van der Waals surface area contributed by atoms with Gasteiger partial charge in [-0.05, 0) is 107 Å². The first-order valence-corrected chi connectivity index (χ1v) is 15.6. The van der Waals surface area contributed by atoms with E-state index in [1.54, 1.807) is 6.92 Å². The lowest BCUT2D eigenvalue weighted by Crippen LogP contribution is -2.49. The molecule has 1 amide bonds. The van der Waals surface area contributed by atoms with Crippen LogP contribution in [0.5, 0.6) is 0 Å². The number of benzene rings is 3. The second kappa shape index (κ2) is 14.4. The summed E-state index contributed by atoms with van der Waals surface area (Å²) in [5.41, 5.74) is 2.70. The van der Waals surface area contributed by atoms with Gasteiger partial charge in [-0.2, -0.15) is 0 Å². The second-order valence-electron chi connectivity index (χ2n) is 12.0. The minimum absolute atomic E-state index is 0. The summed E-state index contributed by atoms with van der Waals surface area (Å²) in [6.07, 6.45) is 6.55. The van der Waals surface area contributed by atoms with Crippen molar-refractivity contribution in [2.75, 3.05) is 32.7 Å². The average molecular weight is 628 g/mol. The number of carbonyl (C=O) groups is 2. The van der Waals surface area contributed by atoms with Crippen molar-refractivity contribution in [3.05, 3.63) is 106 Å². The highest BCUT2D eigenvalue weighted by atomic mass is 35.5. The molecule has 4 nitrogen and oxygen atoms in total. The highest BCUT2D eigenvalue weighted by Gasteiger charge is 2.41. The number of halogens is 3. The highest BCUT2D eigenvalue weighted by Crippen LogP contribution is 2.41. The van der Waals surface area contributed by atoms with Gasteiger partial charge < -0.3 is 9.80 Å². The van der Waals surface area contributed by atoms with Gasteiger partial charge >= 0.3 is 0 Å². The van der Waals surface area contributed by atoms with Crippen molar-refractivity contribution in [3.8, 4) is 0 Å². The molecule has 0 aromatic heterocycles. The molecule has 1 atom stereocenters. The van der Waals surface area contributed by atoms with E-state index in [9.17, 15) is 9.59 Å². The summed E-state index contributed by atoms with van der Waals surface area (Å²) in [5.74, 6) is 0.398. The molecule has 2 fully saturated rings. The fourth-order valence-corrected chi connectivity index (χ4v) is 7.26. The SMILES string of the molecule is CC(=O)C1(Cc2ccccc2)CCN(CCCC2(c3ccc(Cl)c(Cl)c3)CCCN(C(=O)c3ccccc3)C2)CC1.Cl. The molecule has 2 aliphatic heterocycles. The van der Waals surface area contributed by atoms with Gasteiger partial charge in [0.15, 0.2) is 0 Å². The number of nitrogens with zero attached hydrogens (tertiary/aromatic N) is 2. The van der Waals surface area contributed by atoms with Crippen molar-refractivity contribution in [1.82, 2.24) is 9.80 Å². The van der Waals surface area contributed by atoms with Gasteiger partial charge in [0.1, 0.15) is 5.78 Å². The van der Waals surface area contributed by atoms with Crippen LogP contribution in [0.4, 0.5) is 0 Å². The summed E-state index contributed by atoms with van der Waals surface area (Å²) < 4.78 is 0. The van der Waals surface area contributed by atoms with E-state index >= 15 is 0 Å². The first kappa shape index (κ1) is 32.5. The van der Waals surface area contributed by atoms with Crippen LogP contribution in [-0.4, -0.2) is 54.2 Å². The largest absolute Gasteiger partial charge is 0.338 e. The number of piperidine rings is 2. The van der Waals surface area contributed by atoms with E-state index in [0.29, 0.717) is 22.4 Å². The number of likely N-dealkylation sites (tertiary alicyclic amines) is 2. The van der Waals surface area contributed by atoms with E-state index in [2.05, 4.69) is 35.2 Å². The molecule has 0 saturated carbocycles. The standard InChI is InChI=1S/C35H40Cl2N2O2.ClH/c1-27(40)34(25-28-10-4-2-5-11-28)18-22-38(23-19-34)20-8-16-35(30-14-15-31(36)32(37)24-30)17-9-21-39(26-35)33(41)29-12-6-3-7-13-29;/h2-7,10-15,24H,8-9,16-23,25-26H2,1H3;1H. The van der Waals surface area contributed by atoms with Gasteiger partial charge in [-0.25, -0.2) is 0 Å². The van der Waals surface area contributed by atoms with Crippen LogP contribution in [-0.2, 0) is 16.6 Å². The molecule has 2 saturated heterocycles. The Balaban J connectivity index is 0.00000405. The van der Waals surface area contributed by atoms with Crippen molar-refractivity contribution in [3.63, 3.8) is 0 Å². The summed E-state index contributed by atoms with van der Waals surface area (Å²) >= 11 is 12.8. The predicted molar refractivity (Wildman–Crippen MR) is 175 cm³/mol. The number of amides is 1. The van der Waals surface area contributed by atoms with Crippen LogP contribution in [0, 0.1) is 5.41 Å². The third-order valence-electron chi connectivity index (χ3n) is 9.49. The van der Waals surface area contributed by atoms with E-state index < -0.39 is 0 Å². The fraction of sp³-hybridized carbons (Fsp3) is 0.429. The molecule has 2 aliphatic rings. The topological polar surface area (TPSA) is 40.6 Å². The Hall–Kier alpha value is -2.37. The van der Waals surface area contributed by atoms with Crippen molar-refractivity contribution >= 4 is 47.3 Å². The van der Waals surface area contributed by atoms with Crippen LogP contribution >= 0.6 is 35.6 Å².